The third kappa shape index (κ3) is 2.38. The summed E-state index contributed by atoms with van der Waals surface area (Å²) in [6.07, 6.45) is 1.49. The van der Waals surface area contributed by atoms with E-state index in [0.717, 1.165) is 5.56 Å². The smallest absolute Gasteiger partial charge is 0.323 e. The Hall–Kier alpha value is -1.88. The lowest BCUT2D eigenvalue weighted by atomic mass is 10.2. The Morgan fingerprint density at radius 2 is 2.00 bits per heavy atom. The SMILES string of the molecule is Nc1c(N=O)c[nH][n+]1Cc1ccccc1.[Cl-]. The first-order valence-corrected chi connectivity index (χ1v) is 4.55. The number of benzene rings is 1. The first kappa shape index (κ1) is 12.2. The second-order valence-corrected chi connectivity index (χ2v) is 3.21. The first-order chi connectivity index (χ1) is 7.31. The van der Waals surface area contributed by atoms with Gasteiger partial charge in [0.1, 0.15) is 6.54 Å². The van der Waals surface area contributed by atoms with Crippen molar-refractivity contribution in [2.75, 3.05) is 5.73 Å². The van der Waals surface area contributed by atoms with Gasteiger partial charge in [0.05, 0.1) is 6.20 Å². The molecule has 1 heterocycles. The quantitative estimate of drug-likeness (QED) is 0.496. The third-order valence-corrected chi connectivity index (χ3v) is 2.19. The van der Waals surface area contributed by atoms with E-state index in [4.69, 9.17) is 5.73 Å². The molecule has 0 atom stereocenters. The molecule has 0 aliphatic heterocycles. The van der Waals surface area contributed by atoms with E-state index < -0.39 is 0 Å². The number of anilines is 1. The Morgan fingerprint density at radius 3 is 2.56 bits per heavy atom. The van der Waals surface area contributed by atoms with Crippen molar-refractivity contribution in [1.82, 2.24) is 5.10 Å². The van der Waals surface area contributed by atoms with E-state index >= 15 is 0 Å². The molecule has 1 aromatic carbocycles. The zero-order valence-corrected chi connectivity index (χ0v) is 9.19. The lowest BCUT2D eigenvalue weighted by Gasteiger charge is -1.97. The summed E-state index contributed by atoms with van der Waals surface area (Å²) in [5.74, 6) is 0.355. The van der Waals surface area contributed by atoms with Gasteiger partial charge in [-0.3, -0.25) is 5.73 Å². The number of nitrogens with two attached hydrogens (primary N) is 1. The Labute approximate surface area is 98.6 Å². The minimum Gasteiger partial charge on any atom is -1.00 e. The van der Waals surface area contributed by atoms with Crippen LogP contribution in [0.5, 0.6) is 0 Å². The number of aromatic amines is 1. The van der Waals surface area contributed by atoms with Gasteiger partial charge in [-0.25, -0.2) is 5.10 Å². The van der Waals surface area contributed by atoms with Crippen LogP contribution in [0.1, 0.15) is 5.56 Å². The molecule has 5 nitrogen and oxygen atoms in total. The van der Waals surface area contributed by atoms with Gasteiger partial charge < -0.3 is 12.4 Å². The molecule has 0 saturated carbocycles. The van der Waals surface area contributed by atoms with Crippen LogP contribution in [0.3, 0.4) is 0 Å². The van der Waals surface area contributed by atoms with Crippen molar-refractivity contribution >= 4 is 11.5 Å². The standard InChI is InChI=1S/C10H10N4O.ClH/c11-10-9(13-15)6-12-14(10)7-8-4-2-1-3-5-8;/h1-6H,7H2,(H2,11,12,15);1H. The molecule has 0 fully saturated rings. The number of H-pyrrole nitrogens is 1. The molecule has 0 aliphatic carbocycles. The summed E-state index contributed by atoms with van der Waals surface area (Å²) in [4.78, 5) is 10.3. The highest BCUT2D eigenvalue weighted by molar-refractivity contribution is 5.51. The predicted octanol–water partition coefficient (Wildman–Crippen LogP) is -1.67. The van der Waals surface area contributed by atoms with Crippen LogP contribution in [-0.2, 0) is 6.54 Å². The fourth-order valence-corrected chi connectivity index (χ4v) is 1.39. The Morgan fingerprint density at radius 1 is 1.31 bits per heavy atom. The van der Waals surface area contributed by atoms with Gasteiger partial charge in [0, 0.05) is 0 Å². The van der Waals surface area contributed by atoms with E-state index in [1.54, 1.807) is 4.68 Å². The maximum absolute atomic E-state index is 10.3. The van der Waals surface area contributed by atoms with Crippen molar-refractivity contribution < 1.29 is 17.1 Å². The normalized spacial score (nSPS) is 9.50. The zero-order valence-electron chi connectivity index (χ0n) is 8.43. The molecule has 2 rings (SSSR count). The summed E-state index contributed by atoms with van der Waals surface area (Å²) in [6.45, 7) is 0.599. The predicted molar refractivity (Wildman–Crippen MR) is 56.4 cm³/mol. The minimum atomic E-state index is 0. The average Bonchev–Trinajstić information content (AvgIpc) is 2.62. The summed E-state index contributed by atoms with van der Waals surface area (Å²) in [5.41, 5.74) is 7.05. The Kier molecular flexibility index (Phi) is 4.02. The van der Waals surface area contributed by atoms with E-state index in [1.807, 2.05) is 30.3 Å². The number of halogens is 1. The Balaban J connectivity index is 0.00000128. The summed E-state index contributed by atoms with van der Waals surface area (Å²) >= 11 is 0. The molecule has 6 heteroatoms. The maximum Gasteiger partial charge on any atom is 0.323 e. The highest BCUT2D eigenvalue weighted by atomic mass is 35.5. The number of nitroso groups, excluding NO2 is 1. The fourth-order valence-electron chi connectivity index (χ4n) is 1.39. The van der Waals surface area contributed by atoms with Crippen LogP contribution < -0.4 is 22.8 Å². The van der Waals surface area contributed by atoms with Gasteiger partial charge in [0.25, 0.3) is 0 Å². The van der Waals surface area contributed by atoms with Gasteiger partial charge >= 0.3 is 5.82 Å². The van der Waals surface area contributed by atoms with Crippen molar-refractivity contribution in [3.8, 4) is 0 Å². The van der Waals surface area contributed by atoms with E-state index in [-0.39, 0.29) is 18.1 Å². The van der Waals surface area contributed by atoms with E-state index in [9.17, 15) is 4.91 Å². The van der Waals surface area contributed by atoms with Crippen LogP contribution in [0.4, 0.5) is 11.5 Å². The summed E-state index contributed by atoms with van der Waals surface area (Å²) in [7, 11) is 0. The lowest BCUT2D eigenvalue weighted by Crippen LogP contribution is -3.00. The molecule has 0 spiro atoms. The van der Waals surface area contributed by atoms with E-state index in [2.05, 4.69) is 10.3 Å². The monoisotopic (exact) mass is 238 g/mol. The van der Waals surface area contributed by atoms with Gasteiger partial charge in [-0.15, -0.1) is 4.91 Å². The van der Waals surface area contributed by atoms with E-state index in [1.165, 1.54) is 6.20 Å². The van der Waals surface area contributed by atoms with Crippen LogP contribution in [0.15, 0.2) is 41.7 Å². The molecular weight excluding hydrogens is 228 g/mol. The topological polar surface area (TPSA) is 75.1 Å². The van der Waals surface area contributed by atoms with Gasteiger partial charge in [-0.2, -0.15) is 4.68 Å². The van der Waals surface area contributed by atoms with Crippen LogP contribution in [0, 0.1) is 4.91 Å². The number of hydrogen-bond acceptors (Lipinski definition) is 3. The molecule has 0 radical (unpaired) electrons. The van der Waals surface area contributed by atoms with Crippen molar-refractivity contribution in [1.29, 1.82) is 0 Å². The lowest BCUT2D eigenvalue weighted by molar-refractivity contribution is -0.728. The first-order valence-electron chi connectivity index (χ1n) is 4.55. The molecule has 0 unspecified atom stereocenters. The van der Waals surface area contributed by atoms with Crippen molar-refractivity contribution in [3.05, 3.63) is 47.0 Å². The molecule has 1 aromatic heterocycles. The Bertz CT molecular complexity index is 469. The molecule has 84 valence electrons. The van der Waals surface area contributed by atoms with Gasteiger partial charge in [-0.05, 0) is 10.7 Å². The molecule has 3 N–H and O–H groups in total. The van der Waals surface area contributed by atoms with Crippen LogP contribution in [0.2, 0.25) is 0 Å². The largest absolute Gasteiger partial charge is 1.00 e. The van der Waals surface area contributed by atoms with Crippen LogP contribution in [-0.4, -0.2) is 5.10 Å². The summed E-state index contributed by atoms with van der Waals surface area (Å²) in [6, 6.07) is 9.83. The zero-order chi connectivity index (χ0) is 10.7. The second kappa shape index (κ2) is 5.27. The molecule has 0 saturated heterocycles. The fraction of sp³-hybridized carbons (Fsp3) is 0.100. The number of nitrogens with zero attached hydrogens (tertiary/aromatic N) is 2. The third-order valence-electron chi connectivity index (χ3n) is 2.19. The molecule has 0 aliphatic rings. The van der Waals surface area contributed by atoms with Crippen LogP contribution in [0.25, 0.3) is 0 Å². The number of hydrogen-bond donors (Lipinski definition) is 2. The molecule has 0 amide bonds. The molecular formula is C10H11ClN4O. The molecule has 2 aromatic rings. The van der Waals surface area contributed by atoms with Crippen molar-refractivity contribution in [2.24, 2.45) is 5.18 Å². The number of nitrogen functional groups attached to an aromatic ring is 1. The summed E-state index contributed by atoms with van der Waals surface area (Å²) < 4.78 is 1.67. The summed E-state index contributed by atoms with van der Waals surface area (Å²) in [5, 5.41) is 5.68. The molecule has 16 heavy (non-hydrogen) atoms. The van der Waals surface area contributed by atoms with Gasteiger partial charge in [0.15, 0.2) is 0 Å². The molecule has 0 bridgehead atoms. The van der Waals surface area contributed by atoms with Crippen molar-refractivity contribution in [2.45, 2.75) is 6.54 Å². The second-order valence-electron chi connectivity index (χ2n) is 3.21. The maximum atomic E-state index is 10.3. The average molecular weight is 239 g/mol. The highest BCUT2D eigenvalue weighted by Crippen LogP contribution is 2.15. The van der Waals surface area contributed by atoms with Crippen LogP contribution >= 0.6 is 0 Å². The number of rotatable bonds is 3. The number of aromatic nitrogens is 2. The minimum absolute atomic E-state index is 0. The van der Waals surface area contributed by atoms with Gasteiger partial charge in [-0.1, -0.05) is 30.3 Å². The van der Waals surface area contributed by atoms with Crippen molar-refractivity contribution in [3.63, 3.8) is 0 Å². The van der Waals surface area contributed by atoms with E-state index in [0.29, 0.717) is 12.4 Å². The highest BCUT2D eigenvalue weighted by Gasteiger charge is 2.14. The van der Waals surface area contributed by atoms with Gasteiger partial charge in [0.2, 0.25) is 5.69 Å². The number of nitrogens with one attached hydrogen (secondary N) is 1.